The topological polar surface area (TPSA) is 92.1 Å². The zero-order valence-electron chi connectivity index (χ0n) is 18.4. The number of hydrogen-bond donors (Lipinski definition) is 2. The Kier molecular flexibility index (Phi) is 7.10. The Morgan fingerprint density at radius 2 is 2.03 bits per heavy atom. The summed E-state index contributed by atoms with van der Waals surface area (Å²) >= 11 is 5.91. The molecule has 0 saturated carbocycles. The van der Waals surface area contributed by atoms with E-state index in [-0.39, 0.29) is 17.7 Å². The minimum atomic E-state index is -0.488. The van der Waals surface area contributed by atoms with Gasteiger partial charge in [0.05, 0.1) is 17.6 Å². The number of nitrogens with zero attached hydrogens (tertiary/aromatic N) is 4. The molecule has 0 radical (unpaired) electrons. The first-order chi connectivity index (χ1) is 16.0. The number of halogens is 2. The van der Waals surface area contributed by atoms with E-state index in [0.717, 1.165) is 31.3 Å². The lowest BCUT2D eigenvalue weighted by Gasteiger charge is -2.34. The monoisotopic (exact) mass is 473 g/mol. The number of ether oxygens (including phenoxy) is 2. The number of rotatable bonds is 6. The number of likely N-dealkylation sites (tertiary alicyclic amines) is 1. The summed E-state index contributed by atoms with van der Waals surface area (Å²) in [5.41, 5.74) is 1.27. The SMILES string of the molecule is CN=C(CO)N1CCC(Oc2cc3c(Nc4ccc(F)c(Cl)c4)ncnc3cc2OC)CC1. The molecule has 33 heavy (non-hydrogen) atoms. The molecule has 3 aromatic rings. The van der Waals surface area contributed by atoms with Crippen LogP contribution >= 0.6 is 11.6 Å². The van der Waals surface area contributed by atoms with Crippen molar-refractivity contribution in [1.29, 1.82) is 0 Å². The molecule has 2 N–H and O–H groups in total. The van der Waals surface area contributed by atoms with E-state index in [1.807, 2.05) is 6.07 Å². The second kappa shape index (κ2) is 10.2. The smallest absolute Gasteiger partial charge is 0.162 e. The van der Waals surface area contributed by atoms with Gasteiger partial charge in [0, 0.05) is 50.1 Å². The van der Waals surface area contributed by atoms with Gasteiger partial charge in [-0.2, -0.15) is 0 Å². The third-order valence-electron chi connectivity index (χ3n) is 5.60. The summed E-state index contributed by atoms with van der Waals surface area (Å²) in [4.78, 5) is 14.9. The molecule has 4 rings (SSSR count). The van der Waals surface area contributed by atoms with Crippen LogP contribution in [0.25, 0.3) is 10.9 Å². The fourth-order valence-corrected chi connectivity index (χ4v) is 4.03. The summed E-state index contributed by atoms with van der Waals surface area (Å²) in [5.74, 6) is 1.90. The van der Waals surface area contributed by atoms with Gasteiger partial charge in [-0.3, -0.25) is 4.99 Å². The number of piperidine rings is 1. The molecule has 1 saturated heterocycles. The van der Waals surface area contributed by atoms with E-state index in [1.54, 1.807) is 26.3 Å². The van der Waals surface area contributed by atoms with E-state index in [2.05, 4.69) is 25.2 Å². The summed E-state index contributed by atoms with van der Waals surface area (Å²) in [6, 6.07) is 8.03. The number of amidine groups is 1. The molecule has 0 aliphatic carbocycles. The summed E-state index contributed by atoms with van der Waals surface area (Å²) < 4.78 is 25.4. The van der Waals surface area contributed by atoms with Crippen LogP contribution in [0, 0.1) is 5.82 Å². The zero-order valence-corrected chi connectivity index (χ0v) is 19.1. The molecule has 1 aliphatic rings. The predicted octanol–water partition coefficient (Wildman–Crippen LogP) is 4.04. The maximum Gasteiger partial charge on any atom is 0.162 e. The fraction of sp³-hybridized carbons (Fsp3) is 0.348. The van der Waals surface area contributed by atoms with Gasteiger partial charge in [-0.25, -0.2) is 14.4 Å². The Morgan fingerprint density at radius 1 is 1.24 bits per heavy atom. The van der Waals surface area contributed by atoms with Gasteiger partial charge in [-0.15, -0.1) is 0 Å². The molecular weight excluding hydrogens is 449 g/mol. The second-order valence-electron chi connectivity index (χ2n) is 7.60. The molecule has 2 heterocycles. The Bertz CT molecular complexity index is 1170. The molecule has 1 aliphatic heterocycles. The van der Waals surface area contributed by atoms with Crippen molar-refractivity contribution in [2.75, 3.05) is 39.2 Å². The first-order valence-electron chi connectivity index (χ1n) is 10.5. The predicted molar refractivity (Wildman–Crippen MR) is 126 cm³/mol. The van der Waals surface area contributed by atoms with Crippen molar-refractivity contribution in [3.63, 3.8) is 0 Å². The third-order valence-corrected chi connectivity index (χ3v) is 5.89. The van der Waals surface area contributed by atoms with Crippen molar-refractivity contribution < 1.29 is 19.0 Å². The molecule has 0 amide bonds. The number of benzene rings is 2. The average Bonchev–Trinajstić information content (AvgIpc) is 2.83. The van der Waals surface area contributed by atoms with Crippen LogP contribution in [0.4, 0.5) is 15.9 Å². The van der Waals surface area contributed by atoms with E-state index in [0.29, 0.717) is 34.4 Å². The van der Waals surface area contributed by atoms with E-state index in [1.165, 1.54) is 18.5 Å². The van der Waals surface area contributed by atoms with Crippen LogP contribution in [0.1, 0.15) is 12.8 Å². The van der Waals surface area contributed by atoms with Gasteiger partial charge in [-0.1, -0.05) is 11.6 Å². The van der Waals surface area contributed by atoms with Crippen LogP contribution in [0.3, 0.4) is 0 Å². The molecule has 174 valence electrons. The van der Waals surface area contributed by atoms with E-state index in [4.69, 9.17) is 21.1 Å². The molecule has 0 atom stereocenters. The lowest BCUT2D eigenvalue weighted by Crippen LogP contribution is -2.43. The average molecular weight is 474 g/mol. The van der Waals surface area contributed by atoms with Crippen LogP contribution in [-0.4, -0.2) is 65.8 Å². The number of methoxy groups -OCH3 is 1. The molecule has 10 heteroatoms. The molecular formula is C23H25ClFN5O3. The number of aliphatic hydroxyl groups is 1. The summed E-state index contributed by atoms with van der Waals surface area (Å²) in [5, 5.41) is 13.4. The normalized spacial score (nSPS) is 15.1. The van der Waals surface area contributed by atoms with Crippen molar-refractivity contribution in [3.05, 3.63) is 47.5 Å². The second-order valence-corrected chi connectivity index (χ2v) is 8.01. The van der Waals surface area contributed by atoms with Gasteiger partial charge >= 0.3 is 0 Å². The maximum absolute atomic E-state index is 13.5. The third kappa shape index (κ3) is 5.09. The highest BCUT2D eigenvalue weighted by molar-refractivity contribution is 6.31. The number of aromatic nitrogens is 2. The van der Waals surface area contributed by atoms with Crippen molar-refractivity contribution in [2.45, 2.75) is 18.9 Å². The van der Waals surface area contributed by atoms with E-state index in [9.17, 15) is 9.50 Å². The fourth-order valence-electron chi connectivity index (χ4n) is 3.85. The molecule has 8 nitrogen and oxygen atoms in total. The number of aliphatic hydroxyl groups excluding tert-OH is 1. The minimum Gasteiger partial charge on any atom is -0.493 e. The highest BCUT2D eigenvalue weighted by Crippen LogP contribution is 2.36. The van der Waals surface area contributed by atoms with Gasteiger partial charge in [-0.05, 0) is 24.3 Å². The van der Waals surface area contributed by atoms with Crippen molar-refractivity contribution >= 4 is 39.8 Å². The van der Waals surface area contributed by atoms with Crippen molar-refractivity contribution in [3.8, 4) is 11.5 Å². The van der Waals surface area contributed by atoms with Gasteiger partial charge in [0.1, 0.15) is 36.5 Å². The molecule has 0 spiro atoms. The lowest BCUT2D eigenvalue weighted by atomic mass is 10.1. The zero-order chi connectivity index (χ0) is 23.4. The summed E-state index contributed by atoms with van der Waals surface area (Å²) in [6.07, 6.45) is 3.00. The minimum absolute atomic E-state index is 0.0126. The van der Waals surface area contributed by atoms with Gasteiger partial charge < -0.3 is 24.8 Å². The van der Waals surface area contributed by atoms with E-state index < -0.39 is 5.82 Å². The number of fused-ring (bicyclic) bond motifs is 1. The van der Waals surface area contributed by atoms with E-state index >= 15 is 0 Å². The highest BCUT2D eigenvalue weighted by Gasteiger charge is 2.24. The van der Waals surface area contributed by atoms with Crippen molar-refractivity contribution in [2.24, 2.45) is 4.99 Å². The molecule has 0 unspecified atom stereocenters. The molecule has 1 fully saturated rings. The first kappa shape index (κ1) is 23.0. The largest absolute Gasteiger partial charge is 0.493 e. The highest BCUT2D eigenvalue weighted by atomic mass is 35.5. The van der Waals surface area contributed by atoms with Crippen LogP contribution in [0.15, 0.2) is 41.7 Å². The van der Waals surface area contributed by atoms with Gasteiger partial charge in [0.25, 0.3) is 0 Å². The molecule has 1 aromatic heterocycles. The molecule has 0 bridgehead atoms. The Labute approximate surface area is 196 Å². The Hall–Kier alpha value is -3.17. The van der Waals surface area contributed by atoms with Crippen LogP contribution in [0.5, 0.6) is 11.5 Å². The van der Waals surface area contributed by atoms with Gasteiger partial charge in [0.2, 0.25) is 0 Å². The number of hydrogen-bond acceptors (Lipinski definition) is 7. The van der Waals surface area contributed by atoms with Crippen LogP contribution in [0.2, 0.25) is 5.02 Å². The van der Waals surface area contributed by atoms with Crippen molar-refractivity contribution in [1.82, 2.24) is 14.9 Å². The maximum atomic E-state index is 13.5. The standard InChI is InChI=1S/C23H25ClFN5O3/c1-26-22(12-31)30-7-5-15(6-8-30)33-21-10-16-19(11-20(21)32-2)27-13-28-23(16)29-14-3-4-18(25)17(24)9-14/h3-4,9-11,13,15,31H,5-8,12H2,1-2H3,(H,27,28,29). The number of aliphatic imine (C=N–C) groups is 1. The molecule has 2 aromatic carbocycles. The number of nitrogens with one attached hydrogen (secondary N) is 1. The quantitative estimate of drug-likeness (QED) is 0.412. The Balaban J connectivity index is 1.58. The Morgan fingerprint density at radius 3 is 2.70 bits per heavy atom. The van der Waals surface area contributed by atoms with Crippen LogP contribution in [-0.2, 0) is 0 Å². The van der Waals surface area contributed by atoms with Gasteiger partial charge in [0.15, 0.2) is 11.5 Å². The number of anilines is 2. The summed E-state index contributed by atoms with van der Waals surface area (Å²) in [7, 11) is 3.27. The van der Waals surface area contributed by atoms with Crippen LogP contribution < -0.4 is 14.8 Å². The first-order valence-corrected chi connectivity index (χ1v) is 10.9. The summed E-state index contributed by atoms with van der Waals surface area (Å²) in [6.45, 7) is 1.42. The lowest BCUT2D eigenvalue weighted by molar-refractivity contribution is 0.124.